The SMILES string of the molecule is COC(=O)Cn1nnnc1SCc1ccc(Br)cn1. The van der Waals surface area contributed by atoms with E-state index in [2.05, 4.69) is 41.2 Å². The number of hydrogen-bond donors (Lipinski definition) is 0. The minimum Gasteiger partial charge on any atom is -0.468 e. The number of esters is 1. The van der Waals surface area contributed by atoms with Crippen LogP contribution in [0.1, 0.15) is 5.69 Å². The van der Waals surface area contributed by atoms with Crippen molar-refractivity contribution in [2.75, 3.05) is 7.11 Å². The lowest BCUT2D eigenvalue weighted by molar-refractivity contribution is -0.141. The number of tetrazole rings is 1. The smallest absolute Gasteiger partial charge is 0.327 e. The topological polar surface area (TPSA) is 82.8 Å². The predicted octanol–water partition coefficient (Wildman–Crippen LogP) is 1.30. The van der Waals surface area contributed by atoms with Crippen molar-refractivity contribution in [2.45, 2.75) is 17.5 Å². The molecule has 19 heavy (non-hydrogen) atoms. The van der Waals surface area contributed by atoms with Crippen LogP contribution in [0, 0.1) is 0 Å². The number of hydrogen-bond acceptors (Lipinski definition) is 7. The number of rotatable bonds is 5. The highest BCUT2D eigenvalue weighted by Gasteiger charge is 2.11. The van der Waals surface area contributed by atoms with E-state index in [0.717, 1.165) is 10.2 Å². The summed E-state index contributed by atoms with van der Waals surface area (Å²) < 4.78 is 6.90. The van der Waals surface area contributed by atoms with Crippen molar-refractivity contribution in [1.29, 1.82) is 0 Å². The van der Waals surface area contributed by atoms with Gasteiger partial charge in [0.15, 0.2) is 0 Å². The van der Waals surface area contributed by atoms with Crippen molar-refractivity contribution >= 4 is 33.7 Å². The molecule has 100 valence electrons. The zero-order chi connectivity index (χ0) is 13.7. The Morgan fingerprint density at radius 1 is 1.53 bits per heavy atom. The molecule has 0 aliphatic rings. The zero-order valence-corrected chi connectivity index (χ0v) is 12.4. The molecule has 0 bridgehead atoms. The highest BCUT2D eigenvalue weighted by molar-refractivity contribution is 9.10. The molecule has 2 aromatic rings. The van der Waals surface area contributed by atoms with Crippen LogP contribution in [0.5, 0.6) is 0 Å². The van der Waals surface area contributed by atoms with Crippen molar-refractivity contribution in [3.63, 3.8) is 0 Å². The Hall–Kier alpha value is -1.48. The number of carbonyl (C=O) groups excluding carboxylic acids is 1. The van der Waals surface area contributed by atoms with Crippen LogP contribution in [0.4, 0.5) is 0 Å². The van der Waals surface area contributed by atoms with E-state index < -0.39 is 5.97 Å². The van der Waals surface area contributed by atoms with Gasteiger partial charge in [0.25, 0.3) is 0 Å². The average molecular weight is 344 g/mol. The fourth-order valence-corrected chi connectivity index (χ4v) is 2.24. The highest BCUT2D eigenvalue weighted by Crippen LogP contribution is 2.19. The Morgan fingerprint density at radius 2 is 2.37 bits per heavy atom. The summed E-state index contributed by atoms with van der Waals surface area (Å²) in [4.78, 5) is 15.4. The molecule has 7 nitrogen and oxygen atoms in total. The van der Waals surface area contributed by atoms with Gasteiger partial charge in [-0.15, -0.1) is 5.10 Å². The first-order valence-electron chi connectivity index (χ1n) is 5.25. The van der Waals surface area contributed by atoms with E-state index in [9.17, 15) is 4.79 Å². The van der Waals surface area contributed by atoms with E-state index in [-0.39, 0.29) is 6.54 Å². The Kier molecular flexibility index (Phi) is 4.86. The van der Waals surface area contributed by atoms with Crippen LogP contribution in [0.2, 0.25) is 0 Å². The third-order valence-electron chi connectivity index (χ3n) is 2.14. The number of nitrogens with zero attached hydrogens (tertiary/aromatic N) is 5. The van der Waals surface area contributed by atoms with E-state index >= 15 is 0 Å². The Balaban J connectivity index is 1.98. The van der Waals surface area contributed by atoms with Gasteiger partial charge in [-0.3, -0.25) is 9.78 Å². The Morgan fingerprint density at radius 3 is 3.05 bits per heavy atom. The lowest BCUT2D eigenvalue weighted by atomic mass is 10.4. The number of methoxy groups -OCH3 is 1. The fourth-order valence-electron chi connectivity index (χ4n) is 1.22. The first kappa shape index (κ1) is 13.9. The maximum atomic E-state index is 11.2. The lowest BCUT2D eigenvalue weighted by Crippen LogP contribution is -2.13. The molecule has 2 aromatic heterocycles. The maximum Gasteiger partial charge on any atom is 0.327 e. The minimum atomic E-state index is -0.393. The second-order valence-electron chi connectivity index (χ2n) is 3.45. The molecule has 0 radical (unpaired) electrons. The molecule has 0 N–H and O–H groups in total. The number of pyridine rings is 1. The van der Waals surface area contributed by atoms with Gasteiger partial charge in [-0.25, -0.2) is 4.68 Å². The van der Waals surface area contributed by atoms with Crippen molar-refractivity contribution in [3.05, 3.63) is 28.5 Å². The minimum absolute atomic E-state index is 0.000397. The molecule has 0 aromatic carbocycles. The summed E-state index contributed by atoms with van der Waals surface area (Å²) in [5.74, 6) is 0.227. The van der Waals surface area contributed by atoms with Crippen molar-refractivity contribution in [1.82, 2.24) is 25.2 Å². The van der Waals surface area contributed by atoms with Gasteiger partial charge in [-0.2, -0.15) is 0 Å². The Labute approximate surface area is 121 Å². The maximum absolute atomic E-state index is 11.2. The monoisotopic (exact) mass is 343 g/mol. The van der Waals surface area contributed by atoms with Gasteiger partial charge in [0.2, 0.25) is 5.16 Å². The molecule has 0 atom stereocenters. The molecule has 0 aliphatic carbocycles. The molecule has 0 unspecified atom stereocenters. The van der Waals surface area contributed by atoms with Gasteiger partial charge in [0.05, 0.1) is 12.8 Å². The van der Waals surface area contributed by atoms with Crippen LogP contribution < -0.4 is 0 Å². The molecule has 0 amide bonds. The number of ether oxygens (including phenoxy) is 1. The van der Waals surface area contributed by atoms with Gasteiger partial charge in [0.1, 0.15) is 6.54 Å². The molecule has 0 saturated carbocycles. The molecule has 0 spiro atoms. The second-order valence-corrected chi connectivity index (χ2v) is 5.31. The van der Waals surface area contributed by atoms with E-state index in [1.165, 1.54) is 23.6 Å². The summed E-state index contributed by atoms with van der Waals surface area (Å²) in [5, 5.41) is 11.7. The summed E-state index contributed by atoms with van der Waals surface area (Å²) in [6, 6.07) is 3.83. The van der Waals surface area contributed by atoms with Crippen LogP contribution in [0.3, 0.4) is 0 Å². The van der Waals surface area contributed by atoms with Crippen molar-refractivity contribution in [3.8, 4) is 0 Å². The van der Waals surface area contributed by atoms with E-state index in [0.29, 0.717) is 10.9 Å². The van der Waals surface area contributed by atoms with Gasteiger partial charge in [0, 0.05) is 16.4 Å². The first-order chi connectivity index (χ1) is 9.19. The fraction of sp³-hybridized carbons (Fsp3) is 0.300. The number of halogens is 1. The highest BCUT2D eigenvalue weighted by atomic mass is 79.9. The molecule has 0 saturated heterocycles. The van der Waals surface area contributed by atoms with Crippen LogP contribution in [-0.4, -0.2) is 38.3 Å². The average Bonchev–Trinajstić information content (AvgIpc) is 2.85. The van der Waals surface area contributed by atoms with Crippen molar-refractivity contribution < 1.29 is 9.53 Å². The molecule has 2 rings (SSSR count). The molecule has 9 heteroatoms. The standard InChI is InChI=1S/C10H10BrN5O2S/c1-18-9(17)5-16-10(13-14-15-16)19-6-8-3-2-7(11)4-12-8/h2-4H,5-6H2,1H3. The van der Waals surface area contributed by atoms with Crippen LogP contribution >= 0.6 is 27.7 Å². The summed E-state index contributed by atoms with van der Waals surface area (Å²) in [5.41, 5.74) is 0.904. The normalized spacial score (nSPS) is 10.4. The second kappa shape index (κ2) is 6.62. The quantitative estimate of drug-likeness (QED) is 0.597. The molecule has 0 aliphatic heterocycles. The molecular formula is C10H10BrN5O2S. The predicted molar refractivity (Wildman–Crippen MR) is 71.3 cm³/mol. The van der Waals surface area contributed by atoms with Gasteiger partial charge >= 0.3 is 5.97 Å². The molecule has 0 fully saturated rings. The number of thioether (sulfide) groups is 1. The van der Waals surface area contributed by atoms with Crippen LogP contribution in [0.15, 0.2) is 28.0 Å². The van der Waals surface area contributed by atoms with Crippen molar-refractivity contribution in [2.24, 2.45) is 0 Å². The molecule has 2 heterocycles. The van der Waals surface area contributed by atoms with Gasteiger partial charge < -0.3 is 4.74 Å². The van der Waals surface area contributed by atoms with E-state index in [4.69, 9.17) is 0 Å². The Bertz CT molecular complexity index is 559. The number of aromatic nitrogens is 5. The summed E-state index contributed by atoms with van der Waals surface area (Å²) in [6.07, 6.45) is 1.73. The van der Waals surface area contributed by atoms with E-state index in [1.54, 1.807) is 6.20 Å². The first-order valence-corrected chi connectivity index (χ1v) is 7.03. The van der Waals surface area contributed by atoms with Crippen LogP contribution in [0.25, 0.3) is 0 Å². The largest absolute Gasteiger partial charge is 0.468 e. The zero-order valence-electron chi connectivity index (χ0n) is 9.99. The lowest BCUT2D eigenvalue weighted by Gasteiger charge is -2.02. The third-order valence-corrected chi connectivity index (χ3v) is 3.60. The summed E-state index contributed by atoms with van der Waals surface area (Å²) in [6.45, 7) is -0.000397. The number of carbonyl (C=O) groups is 1. The third kappa shape index (κ3) is 4.00. The van der Waals surface area contributed by atoms with Crippen LogP contribution in [-0.2, 0) is 21.8 Å². The van der Waals surface area contributed by atoms with Gasteiger partial charge in [-0.05, 0) is 38.5 Å². The summed E-state index contributed by atoms with van der Waals surface area (Å²) in [7, 11) is 1.32. The summed E-state index contributed by atoms with van der Waals surface area (Å²) >= 11 is 4.73. The van der Waals surface area contributed by atoms with E-state index in [1.807, 2.05) is 12.1 Å². The van der Waals surface area contributed by atoms with Gasteiger partial charge in [-0.1, -0.05) is 11.8 Å². The molecular weight excluding hydrogens is 334 g/mol.